The Bertz CT molecular complexity index is 1890. The number of ether oxygens (including phenoxy) is 14. The average Bonchev–Trinajstić information content (AvgIpc) is 3.65. The van der Waals surface area contributed by atoms with Gasteiger partial charge in [0.2, 0.25) is 17.2 Å². The number of methoxy groups -OCH3 is 9. The van der Waals surface area contributed by atoms with Gasteiger partial charge in [-0.15, -0.1) is 0 Å². The molecule has 20 heteroatoms. The topological polar surface area (TPSA) is 180 Å². The molecule has 304 valence electrons. The second-order valence-corrected chi connectivity index (χ2v) is 14.7. The molecule has 0 saturated carbocycles. The summed E-state index contributed by atoms with van der Waals surface area (Å²) in [5.41, 5.74) is 0.0595. The summed E-state index contributed by atoms with van der Waals surface area (Å²) in [6, 6.07) is 4.25. The van der Waals surface area contributed by atoms with Crippen LogP contribution >= 0.6 is 67.8 Å². The second kappa shape index (κ2) is 18.8. The van der Waals surface area contributed by atoms with Crippen LogP contribution in [0.3, 0.4) is 0 Å². The van der Waals surface area contributed by atoms with E-state index in [9.17, 15) is 14.4 Å². The number of fused-ring (bicyclic) bond motifs is 2. The van der Waals surface area contributed by atoms with Gasteiger partial charge in [-0.25, -0.2) is 14.4 Å². The molecule has 17 nitrogen and oxygen atoms in total. The molecule has 2 aliphatic rings. The average molecular weight is 1120 g/mol. The van der Waals surface area contributed by atoms with Crippen LogP contribution in [-0.2, 0) is 23.7 Å². The molecule has 0 aromatic heterocycles. The monoisotopic (exact) mass is 1120 g/mol. The van der Waals surface area contributed by atoms with E-state index in [4.69, 9.17) is 66.3 Å². The van der Waals surface area contributed by atoms with E-state index in [-0.39, 0.29) is 75.0 Å². The van der Waals surface area contributed by atoms with Crippen molar-refractivity contribution in [3.63, 3.8) is 0 Å². The fourth-order valence-corrected chi connectivity index (χ4v) is 8.63. The van der Waals surface area contributed by atoms with Crippen LogP contribution in [0.2, 0.25) is 0 Å². The van der Waals surface area contributed by atoms with Crippen molar-refractivity contribution in [2.24, 2.45) is 0 Å². The van der Waals surface area contributed by atoms with E-state index in [0.29, 0.717) is 10.7 Å². The Kier molecular flexibility index (Phi) is 14.6. The molecule has 5 atom stereocenters. The van der Waals surface area contributed by atoms with Gasteiger partial charge in [-0.1, -0.05) is 0 Å². The first-order valence-electron chi connectivity index (χ1n) is 16.2. The Morgan fingerprint density at radius 3 is 1.12 bits per heavy atom. The van der Waals surface area contributed by atoms with Crippen LogP contribution < -0.4 is 42.6 Å². The van der Waals surface area contributed by atoms with Crippen LogP contribution in [0.1, 0.15) is 31.1 Å². The molecule has 5 rings (SSSR count). The van der Waals surface area contributed by atoms with Crippen molar-refractivity contribution in [1.29, 1.82) is 0 Å². The first kappa shape index (κ1) is 43.5. The molecule has 0 amide bonds. The maximum atomic E-state index is 14.3. The first-order chi connectivity index (χ1) is 26.9. The largest absolute Gasteiger partial charge is 0.493 e. The Labute approximate surface area is 362 Å². The Hall–Kier alpha value is -3.62. The Balaban J connectivity index is 1.61. The van der Waals surface area contributed by atoms with Crippen molar-refractivity contribution in [3.05, 3.63) is 45.6 Å². The van der Waals surface area contributed by atoms with Gasteiger partial charge in [0.05, 0.1) is 98.0 Å². The molecule has 0 unspecified atom stereocenters. The lowest BCUT2D eigenvalue weighted by Crippen LogP contribution is -2.58. The van der Waals surface area contributed by atoms with Gasteiger partial charge in [0.1, 0.15) is 6.10 Å². The summed E-state index contributed by atoms with van der Waals surface area (Å²) in [4.78, 5) is 42.5. The van der Waals surface area contributed by atoms with Gasteiger partial charge in [0.25, 0.3) is 0 Å². The molecular weight excluding hydrogens is 1090 g/mol. The van der Waals surface area contributed by atoms with E-state index in [2.05, 4.69) is 0 Å². The Morgan fingerprint density at radius 1 is 0.482 bits per heavy atom. The van der Waals surface area contributed by atoms with Gasteiger partial charge in [0.15, 0.2) is 59.1 Å². The van der Waals surface area contributed by atoms with Crippen molar-refractivity contribution >= 4 is 85.7 Å². The number of benzene rings is 3. The van der Waals surface area contributed by atoms with E-state index in [0.717, 1.165) is 0 Å². The minimum absolute atomic E-state index is 0.00774. The molecule has 0 spiro atoms. The van der Waals surface area contributed by atoms with E-state index in [1.54, 1.807) is 0 Å². The number of hydrogen-bond acceptors (Lipinski definition) is 17. The normalized spacial score (nSPS) is 19.6. The molecule has 2 bridgehead atoms. The highest BCUT2D eigenvalue weighted by Gasteiger charge is 2.57. The fourth-order valence-electron chi connectivity index (χ4n) is 6.11. The molecule has 3 aromatic carbocycles. The predicted molar refractivity (Wildman–Crippen MR) is 219 cm³/mol. The van der Waals surface area contributed by atoms with E-state index >= 15 is 0 Å². The highest BCUT2D eigenvalue weighted by atomic mass is 127. The summed E-state index contributed by atoms with van der Waals surface area (Å²) >= 11 is 5.75. The van der Waals surface area contributed by atoms with Crippen molar-refractivity contribution in [3.8, 4) is 51.7 Å². The predicted octanol–water partition coefficient (Wildman–Crippen LogP) is 5.31. The zero-order valence-electron chi connectivity index (χ0n) is 31.4. The second-order valence-electron chi connectivity index (χ2n) is 11.5. The first-order valence-corrected chi connectivity index (χ1v) is 19.5. The van der Waals surface area contributed by atoms with Crippen molar-refractivity contribution in [1.82, 2.24) is 0 Å². The molecule has 0 N–H and O–H groups in total. The van der Waals surface area contributed by atoms with Gasteiger partial charge < -0.3 is 66.3 Å². The minimum atomic E-state index is -1.50. The van der Waals surface area contributed by atoms with Crippen LogP contribution in [0.5, 0.6) is 51.7 Å². The number of carbonyl (C=O) groups excluding carboxylic acids is 3. The van der Waals surface area contributed by atoms with Gasteiger partial charge in [-0.05, 0) is 86.0 Å². The van der Waals surface area contributed by atoms with Gasteiger partial charge in [-0.2, -0.15) is 0 Å². The van der Waals surface area contributed by atoms with Crippen LogP contribution in [0.15, 0.2) is 18.2 Å². The quantitative estimate of drug-likeness (QED) is 0.108. The van der Waals surface area contributed by atoms with Crippen molar-refractivity contribution < 1.29 is 80.7 Å². The third kappa shape index (κ3) is 8.07. The zero-order valence-corrected chi connectivity index (χ0v) is 37.9. The molecule has 2 aliphatic heterocycles. The van der Waals surface area contributed by atoms with Crippen LogP contribution in [0.25, 0.3) is 0 Å². The third-order valence-electron chi connectivity index (χ3n) is 8.71. The molecule has 0 aliphatic carbocycles. The van der Waals surface area contributed by atoms with Crippen LogP contribution in [-0.4, -0.2) is 119 Å². The maximum Gasteiger partial charge on any atom is 0.340 e. The van der Waals surface area contributed by atoms with Crippen molar-refractivity contribution in [2.45, 2.75) is 30.7 Å². The number of hydrogen-bond donors (Lipinski definition) is 0. The van der Waals surface area contributed by atoms with Crippen LogP contribution in [0.4, 0.5) is 0 Å². The molecule has 56 heavy (non-hydrogen) atoms. The molecular formula is C36H37I3O17. The summed E-state index contributed by atoms with van der Waals surface area (Å²) in [7, 11) is 12.7. The zero-order chi connectivity index (χ0) is 41.0. The lowest BCUT2D eigenvalue weighted by molar-refractivity contribution is -0.228. The van der Waals surface area contributed by atoms with E-state index in [1.807, 2.05) is 67.8 Å². The lowest BCUT2D eigenvalue weighted by atomic mass is 9.99. The summed E-state index contributed by atoms with van der Waals surface area (Å²) < 4.78 is 80.8. The molecule has 2 heterocycles. The number of halogens is 3. The summed E-state index contributed by atoms with van der Waals surface area (Å²) in [6.07, 6.45) is -6.59. The van der Waals surface area contributed by atoms with Gasteiger partial charge >= 0.3 is 17.9 Å². The van der Waals surface area contributed by atoms with Crippen LogP contribution in [0, 0.1) is 10.7 Å². The maximum absolute atomic E-state index is 14.3. The lowest BCUT2D eigenvalue weighted by Gasteiger charge is -2.39. The van der Waals surface area contributed by atoms with Crippen molar-refractivity contribution in [2.75, 3.05) is 70.6 Å². The molecule has 2 saturated heterocycles. The highest BCUT2D eigenvalue weighted by molar-refractivity contribution is 14.1. The summed E-state index contributed by atoms with van der Waals surface area (Å²) in [6.45, 7) is -0.111. The highest BCUT2D eigenvalue weighted by Crippen LogP contribution is 2.46. The number of esters is 3. The summed E-state index contributed by atoms with van der Waals surface area (Å²) in [5.74, 6) is -0.764. The summed E-state index contributed by atoms with van der Waals surface area (Å²) in [5, 5.41) is 0. The SMILES string of the molecule is COc1cc(C(=O)O[C@@H]2[C@@H](OC(=O)c3cc(OC)c(OC)c(OC)c3I)[C@H]3OC[C@@H](O3)[C@H]2OC(=O)c2cc(OC)c(OC)c(OC)c2I)c(I)c(OC)c1OC. The minimum Gasteiger partial charge on any atom is -0.493 e. The van der Waals surface area contributed by atoms with E-state index in [1.165, 1.54) is 82.2 Å². The molecule has 3 aromatic rings. The third-order valence-corrected chi connectivity index (χ3v) is 11.9. The molecule has 0 radical (unpaired) electrons. The molecule has 2 fully saturated rings. The standard InChI is InChI=1S/C36H37I3O17/c1-43-17-10-14(21(37)28(49-7)24(17)46-4)33(40)54-27-20-13-52-36(53-20)32(56-35(42)16-12-19(45-3)26(48-6)30(51-9)23(16)39)31(27)55-34(41)15-11-18(44-2)25(47-5)29(50-8)22(15)38/h10-12,20,27,31-32,36H,13H2,1-9H3/t20-,27-,31+,32-,36+/m1/s1. The smallest absolute Gasteiger partial charge is 0.340 e. The van der Waals surface area contributed by atoms with E-state index < -0.39 is 48.6 Å². The van der Waals surface area contributed by atoms with Gasteiger partial charge in [-0.3, -0.25) is 0 Å². The number of rotatable bonds is 15. The number of carbonyl (C=O) groups is 3. The Morgan fingerprint density at radius 2 is 0.804 bits per heavy atom. The van der Waals surface area contributed by atoms with Gasteiger partial charge in [0, 0.05) is 0 Å². The fraction of sp³-hybridized carbons (Fsp3) is 0.417.